The standard InChI is InChI=1S/C30H40N2O5S/c1-5-7-8-12-18-37-29(36)24-23-15-16-30(38-23)25(24)27(34)32(22(19-33)21-13-10-9-11-14-21)26(30)28(35)31(17-6-2)20(3)4/h5-6,9-11,13-14,20,22-26,33H,1-2,7-8,12,15-19H2,3-4H3/t22-,23-,24+,25+,26?,30?/m1/s1. The van der Waals surface area contributed by atoms with Gasteiger partial charge in [0.05, 0.1) is 35.8 Å². The van der Waals surface area contributed by atoms with Crippen LogP contribution >= 0.6 is 11.8 Å². The summed E-state index contributed by atoms with van der Waals surface area (Å²) in [7, 11) is 0. The first-order chi connectivity index (χ1) is 18.3. The maximum atomic E-state index is 14.3. The molecule has 2 amide bonds. The number of allylic oxidation sites excluding steroid dienone is 1. The molecule has 8 heteroatoms. The van der Waals surface area contributed by atoms with E-state index >= 15 is 0 Å². The van der Waals surface area contributed by atoms with Crippen molar-refractivity contribution in [3.05, 3.63) is 61.2 Å². The van der Waals surface area contributed by atoms with E-state index in [4.69, 9.17) is 4.74 Å². The average Bonchev–Trinajstić information content (AvgIpc) is 3.55. The second-order valence-corrected chi connectivity index (χ2v) is 12.3. The van der Waals surface area contributed by atoms with Crippen LogP contribution in [0.2, 0.25) is 0 Å². The van der Waals surface area contributed by atoms with Crippen LogP contribution in [-0.2, 0) is 19.1 Å². The number of carbonyl (C=O) groups is 3. The summed E-state index contributed by atoms with van der Waals surface area (Å²) in [5.74, 6) is -1.99. The first-order valence-corrected chi connectivity index (χ1v) is 14.5. The number of hydrogen-bond donors (Lipinski definition) is 1. The fourth-order valence-electron chi connectivity index (χ4n) is 6.51. The number of unbranched alkanes of at least 4 members (excludes halogenated alkanes) is 2. The van der Waals surface area contributed by atoms with Crippen molar-refractivity contribution < 1.29 is 24.2 Å². The van der Waals surface area contributed by atoms with E-state index in [1.54, 1.807) is 27.6 Å². The Hall–Kier alpha value is -2.58. The molecule has 3 fully saturated rings. The minimum Gasteiger partial charge on any atom is -0.465 e. The molecule has 38 heavy (non-hydrogen) atoms. The van der Waals surface area contributed by atoms with Crippen LogP contribution in [0.1, 0.15) is 57.6 Å². The lowest BCUT2D eigenvalue weighted by Crippen LogP contribution is -2.57. The molecule has 1 aromatic rings. The summed E-state index contributed by atoms with van der Waals surface area (Å²) in [6.45, 7) is 11.8. The maximum absolute atomic E-state index is 14.3. The van der Waals surface area contributed by atoms with Crippen LogP contribution in [0.5, 0.6) is 0 Å². The highest BCUT2D eigenvalue weighted by Crippen LogP contribution is 2.67. The van der Waals surface area contributed by atoms with E-state index in [1.807, 2.05) is 50.3 Å². The number of esters is 1. The molecule has 2 bridgehead atoms. The molecule has 0 saturated carbocycles. The summed E-state index contributed by atoms with van der Waals surface area (Å²) in [5, 5.41) is 10.5. The second-order valence-electron chi connectivity index (χ2n) is 10.7. The summed E-state index contributed by atoms with van der Waals surface area (Å²) < 4.78 is 4.96. The summed E-state index contributed by atoms with van der Waals surface area (Å²) in [6, 6.07) is 7.75. The molecule has 7 nitrogen and oxygen atoms in total. The van der Waals surface area contributed by atoms with E-state index in [2.05, 4.69) is 13.2 Å². The van der Waals surface area contributed by atoms with Crippen molar-refractivity contribution in [1.82, 2.24) is 9.80 Å². The number of likely N-dealkylation sites (tertiary alicyclic amines) is 1. The largest absolute Gasteiger partial charge is 0.465 e. The molecule has 206 valence electrons. The third-order valence-electron chi connectivity index (χ3n) is 8.22. The van der Waals surface area contributed by atoms with E-state index in [1.165, 1.54) is 0 Å². The van der Waals surface area contributed by atoms with E-state index in [0.29, 0.717) is 19.6 Å². The zero-order chi connectivity index (χ0) is 27.4. The Labute approximate surface area is 230 Å². The molecule has 4 rings (SSSR count). The Morgan fingerprint density at radius 1 is 1.24 bits per heavy atom. The summed E-state index contributed by atoms with van der Waals surface area (Å²) >= 11 is 1.62. The van der Waals surface area contributed by atoms with E-state index < -0.39 is 28.7 Å². The van der Waals surface area contributed by atoms with Crippen molar-refractivity contribution in [3.63, 3.8) is 0 Å². The van der Waals surface area contributed by atoms with Crippen LogP contribution in [0.25, 0.3) is 0 Å². The molecule has 0 aromatic heterocycles. The molecule has 1 spiro atoms. The highest BCUT2D eigenvalue weighted by atomic mass is 32.2. The summed E-state index contributed by atoms with van der Waals surface area (Å²) in [6.07, 6.45) is 7.45. The van der Waals surface area contributed by atoms with Gasteiger partial charge in [0.15, 0.2) is 0 Å². The lowest BCUT2D eigenvalue weighted by Gasteiger charge is -2.40. The number of fused-ring (bicyclic) bond motifs is 1. The minimum atomic E-state index is -0.792. The van der Waals surface area contributed by atoms with Crippen LogP contribution < -0.4 is 0 Å². The number of carbonyl (C=O) groups excluding carboxylic acids is 3. The predicted molar refractivity (Wildman–Crippen MR) is 149 cm³/mol. The van der Waals surface area contributed by atoms with Gasteiger partial charge in [0.25, 0.3) is 0 Å². The third-order valence-corrected chi connectivity index (χ3v) is 10.2. The molecule has 1 aromatic carbocycles. The first kappa shape index (κ1) is 28.4. The van der Waals surface area contributed by atoms with Gasteiger partial charge >= 0.3 is 5.97 Å². The van der Waals surface area contributed by atoms with Crippen molar-refractivity contribution in [2.45, 2.75) is 74.1 Å². The molecule has 1 N–H and O–H groups in total. The maximum Gasteiger partial charge on any atom is 0.310 e. The molecule has 6 atom stereocenters. The van der Waals surface area contributed by atoms with Crippen LogP contribution in [0.15, 0.2) is 55.6 Å². The van der Waals surface area contributed by atoms with Crippen molar-refractivity contribution in [2.75, 3.05) is 19.8 Å². The fraction of sp³-hybridized carbons (Fsp3) is 0.567. The lowest BCUT2D eigenvalue weighted by molar-refractivity contribution is -0.154. The monoisotopic (exact) mass is 540 g/mol. The van der Waals surface area contributed by atoms with Gasteiger partial charge in [-0.1, -0.05) is 42.5 Å². The highest BCUT2D eigenvalue weighted by molar-refractivity contribution is 8.02. The normalized spacial score (nSPS) is 28.3. The van der Waals surface area contributed by atoms with Gasteiger partial charge in [-0.2, -0.15) is 0 Å². The average molecular weight is 541 g/mol. The van der Waals surface area contributed by atoms with Crippen LogP contribution in [0, 0.1) is 11.8 Å². The van der Waals surface area contributed by atoms with Gasteiger partial charge in [-0.05, 0) is 51.5 Å². The van der Waals surface area contributed by atoms with Crippen LogP contribution in [0.3, 0.4) is 0 Å². The number of benzene rings is 1. The number of nitrogens with zero attached hydrogens (tertiary/aromatic N) is 2. The zero-order valence-electron chi connectivity index (χ0n) is 22.5. The number of rotatable bonds is 13. The van der Waals surface area contributed by atoms with E-state index in [9.17, 15) is 19.5 Å². The molecule has 3 saturated heterocycles. The molecular formula is C30H40N2O5S. The number of thioether (sulfide) groups is 1. The fourth-order valence-corrected chi connectivity index (χ4v) is 8.70. The Balaban J connectivity index is 1.72. The topological polar surface area (TPSA) is 87.1 Å². The van der Waals surface area contributed by atoms with Gasteiger partial charge in [0.2, 0.25) is 11.8 Å². The quantitative estimate of drug-likeness (QED) is 0.230. The molecule has 2 unspecified atom stereocenters. The molecule has 3 heterocycles. The molecule has 3 aliphatic heterocycles. The van der Waals surface area contributed by atoms with E-state index in [-0.39, 0.29) is 35.7 Å². The van der Waals surface area contributed by atoms with Gasteiger partial charge in [0, 0.05) is 17.8 Å². The zero-order valence-corrected chi connectivity index (χ0v) is 23.3. The predicted octanol–water partition coefficient (Wildman–Crippen LogP) is 4.13. The number of aliphatic hydroxyl groups excluding tert-OH is 1. The van der Waals surface area contributed by atoms with Gasteiger partial charge in [-0.25, -0.2) is 0 Å². The Morgan fingerprint density at radius 2 is 1.97 bits per heavy atom. The SMILES string of the molecule is C=CCCCCOC(=O)[C@@H]1[C@H]2C(=O)N([C@H](CO)c3ccccc3)C(C(=O)N(CC=C)C(C)C)C23CC[C@H]1S3. The van der Waals surface area contributed by atoms with Crippen molar-refractivity contribution in [3.8, 4) is 0 Å². The van der Waals surface area contributed by atoms with Gasteiger partial charge < -0.3 is 19.6 Å². The smallest absolute Gasteiger partial charge is 0.310 e. The molecule has 0 aliphatic carbocycles. The number of hydrogen-bond acceptors (Lipinski definition) is 6. The molecular weight excluding hydrogens is 500 g/mol. The third kappa shape index (κ3) is 4.93. The number of ether oxygens (including phenoxy) is 1. The van der Waals surface area contributed by atoms with Crippen molar-refractivity contribution in [1.29, 1.82) is 0 Å². The summed E-state index contributed by atoms with van der Waals surface area (Å²) in [5.41, 5.74) is 0.762. The Morgan fingerprint density at radius 3 is 2.61 bits per heavy atom. The van der Waals surface area contributed by atoms with Gasteiger partial charge in [-0.15, -0.1) is 24.9 Å². The van der Waals surface area contributed by atoms with Gasteiger partial charge in [0.1, 0.15) is 6.04 Å². The Kier molecular flexibility index (Phi) is 9.04. The minimum absolute atomic E-state index is 0.0571. The molecule has 0 radical (unpaired) electrons. The second kappa shape index (κ2) is 12.1. The van der Waals surface area contributed by atoms with Crippen molar-refractivity contribution in [2.24, 2.45) is 11.8 Å². The number of amides is 2. The lowest BCUT2D eigenvalue weighted by atomic mass is 9.71. The number of aliphatic hydroxyl groups is 1. The van der Waals surface area contributed by atoms with Crippen LogP contribution in [-0.4, -0.2) is 74.5 Å². The first-order valence-electron chi connectivity index (χ1n) is 13.7. The van der Waals surface area contributed by atoms with Crippen molar-refractivity contribution >= 4 is 29.5 Å². The van der Waals surface area contributed by atoms with Gasteiger partial charge in [-0.3, -0.25) is 14.4 Å². The Bertz CT molecular complexity index is 1050. The molecule has 3 aliphatic rings. The summed E-state index contributed by atoms with van der Waals surface area (Å²) in [4.78, 5) is 45.4. The van der Waals surface area contributed by atoms with Crippen LogP contribution in [0.4, 0.5) is 0 Å². The van der Waals surface area contributed by atoms with E-state index in [0.717, 1.165) is 31.2 Å². The highest BCUT2D eigenvalue weighted by Gasteiger charge is 2.75.